The molecule has 0 radical (unpaired) electrons. The molecule has 1 aliphatic rings. The number of nitrogens with zero attached hydrogens (tertiary/aromatic N) is 3. The molecule has 0 bridgehead atoms. The second-order valence-corrected chi connectivity index (χ2v) is 5.24. The third-order valence-corrected chi connectivity index (χ3v) is 3.84. The standard InChI is InChI=1S/C14H18N4O/c1-10-6-11(7-15)8-18(10)14(19)12-9-17-5-3-2-4-13(17)16-12/h2-5,9-11H,6-8,15H2,1H3. The molecule has 1 aliphatic heterocycles. The van der Waals surface area contributed by atoms with E-state index in [4.69, 9.17) is 5.73 Å². The Hall–Kier alpha value is -1.88. The van der Waals surface area contributed by atoms with Crippen molar-refractivity contribution in [2.75, 3.05) is 13.1 Å². The van der Waals surface area contributed by atoms with E-state index in [2.05, 4.69) is 11.9 Å². The molecule has 100 valence electrons. The fourth-order valence-corrected chi connectivity index (χ4v) is 2.78. The molecule has 1 saturated heterocycles. The van der Waals surface area contributed by atoms with Crippen LogP contribution in [0.15, 0.2) is 30.6 Å². The zero-order valence-corrected chi connectivity index (χ0v) is 11.0. The van der Waals surface area contributed by atoms with Gasteiger partial charge >= 0.3 is 0 Å². The highest BCUT2D eigenvalue weighted by Gasteiger charge is 2.33. The van der Waals surface area contributed by atoms with Crippen molar-refractivity contribution in [3.63, 3.8) is 0 Å². The van der Waals surface area contributed by atoms with Crippen molar-refractivity contribution in [1.82, 2.24) is 14.3 Å². The number of carbonyl (C=O) groups is 1. The van der Waals surface area contributed by atoms with E-state index in [-0.39, 0.29) is 11.9 Å². The van der Waals surface area contributed by atoms with Gasteiger partial charge in [-0.1, -0.05) is 6.07 Å². The normalized spacial score (nSPS) is 23.2. The van der Waals surface area contributed by atoms with E-state index in [1.54, 1.807) is 6.20 Å². The predicted molar refractivity (Wildman–Crippen MR) is 72.9 cm³/mol. The Morgan fingerprint density at radius 2 is 2.37 bits per heavy atom. The van der Waals surface area contributed by atoms with Gasteiger partial charge in [0.25, 0.3) is 5.91 Å². The largest absolute Gasteiger partial charge is 0.334 e. The quantitative estimate of drug-likeness (QED) is 0.878. The Morgan fingerprint density at radius 1 is 1.53 bits per heavy atom. The van der Waals surface area contributed by atoms with Crippen LogP contribution in [-0.4, -0.2) is 39.3 Å². The minimum absolute atomic E-state index is 0.00662. The fourth-order valence-electron chi connectivity index (χ4n) is 2.78. The van der Waals surface area contributed by atoms with Crippen LogP contribution in [0.2, 0.25) is 0 Å². The summed E-state index contributed by atoms with van der Waals surface area (Å²) >= 11 is 0. The van der Waals surface area contributed by atoms with Gasteiger partial charge in [0.05, 0.1) is 0 Å². The topological polar surface area (TPSA) is 63.6 Å². The zero-order valence-electron chi connectivity index (χ0n) is 11.0. The number of rotatable bonds is 2. The third kappa shape index (κ3) is 2.10. The monoisotopic (exact) mass is 258 g/mol. The number of aromatic nitrogens is 2. The maximum absolute atomic E-state index is 12.5. The van der Waals surface area contributed by atoms with Crippen LogP contribution in [-0.2, 0) is 0 Å². The molecule has 3 heterocycles. The number of carbonyl (C=O) groups excluding carboxylic acids is 1. The first-order valence-electron chi connectivity index (χ1n) is 6.64. The van der Waals surface area contributed by atoms with Crippen LogP contribution in [0, 0.1) is 5.92 Å². The number of imidazole rings is 1. The van der Waals surface area contributed by atoms with Crippen LogP contribution in [0.3, 0.4) is 0 Å². The minimum atomic E-state index is 0.00662. The highest BCUT2D eigenvalue weighted by atomic mass is 16.2. The van der Waals surface area contributed by atoms with E-state index in [9.17, 15) is 4.79 Å². The van der Waals surface area contributed by atoms with Crippen LogP contribution in [0.5, 0.6) is 0 Å². The third-order valence-electron chi connectivity index (χ3n) is 3.84. The van der Waals surface area contributed by atoms with Crippen LogP contribution >= 0.6 is 0 Å². The first-order chi connectivity index (χ1) is 9.19. The van der Waals surface area contributed by atoms with E-state index < -0.39 is 0 Å². The Bertz CT molecular complexity index is 573. The van der Waals surface area contributed by atoms with Crippen molar-refractivity contribution in [2.45, 2.75) is 19.4 Å². The summed E-state index contributed by atoms with van der Waals surface area (Å²) in [6, 6.07) is 5.98. The van der Waals surface area contributed by atoms with E-state index in [1.807, 2.05) is 33.7 Å². The van der Waals surface area contributed by atoms with Crippen molar-refractivity contribution in [3.05, 3.63) is 36.3 Å². The maximum Gasteiger partial charge on any atom is 0.274 e. The van der Waals surface area contributed by atoms with Crippen molar-refractivity contribution < 1.29 is 4.79 Å². The lowest BCUT2D eigenvalue weighted by Gasteiger charge is -2.20. The molecule has 0 aromatic carbocycles. The summed E-state index contributed by atoms with van der Waals surface area (Å²) in [5, 5.41) is 0. The molecule has 0 spiro atoms. The summed E-state index contributed by atoms with van der Waals surface area (Å²) in [5.74, 6) is 0.420. The minimum Gasteiger partial charge on any atom is -0.334 e. The molecule has 1 amide bonds. The molecule has 2 atom stereocenters. The van der Waals surface area contributed by atoms with E-state index in [1.165, 1.54) is 0 Å². The van der Waals surface area contributed by atoms with Gasteiger partial charge in [0.15, 0.2) is 0 Å². The van der Waals surface area contributed by atoms with Crippen LogP contribution in [0.1, 0.15) is 23.8 Å². The molecular weight excluding hydrogens is 240 g/mol. The Kier molecular flexibility index (Phi) is 2.98. The summed E-state index contributed by atoms with van der Waals surface area (Å²) in [7, 11) is 0. The fraction of sp³-hybridized carbons (Fsp3) is 0.429. The van der Waals surface area contributed by atoms with Crippen molar-refractivity contribution in [1.29, 1.82) is 0 Å². The Balaban J connectivity index is 1.87. The zero-order chi connectivity index (χ0) is 13.4. The summed E-state index contributed by atoms with van der Waals surface area (Å²) in [6.07, 6.45) is 4.67. The lowest BCUT2D eigenvalue weighted by molar-refractivity contribution is 0.0738. The van der Waals surface area contributed by atoms with Gasteiger partial charge in [-0.15, -0.1) is 0 Å². The number of fused-ring (bicyclic) bond motifs is 1. The molecule has 1 fully saturated rings. The van der Waals surface area contributed by atoms with Crippen LogP contribution < -0.4 is 5.73 Å². The van der Waals surface area contributed by atoms with Crippen molar-refractivity contribution in [3.8, 4) is 0 Å². The molecule has 2 aromatic rings. The molecule has 0 saturated carbocycles. The molecule has 2 unspecified atom stereocenters. The van der Waals surface area contributed by atoms with Gasteiger partial charge in [-0.2, -0.15) is 0 Å². The first-order valence-corrected chi connectivity index (χ1v) is 6.64. The predicted octanol–water partition coefficient (Wildman–Crippen LogP) is 1.14. The van der Waals surface area contributed by atoms with Crippen LogP contribution in [0.4, 0.5) is 0 Å². The Labute approximate surface area is 112 Å². The smallest absolute Gasteiger partial charge is 0.274 e. The SMILES string of the molecule is CC1CC(CN)CN1C(=O)c1cn2ccccc2n1. The van der Waals surface area contributed by atoms with Crippen LogP contribution in [0.25, 0.3) is 5.65 Å². The van der Waals surface area contributed by atoms with Gasteiger partial charge in [0.2, 0.25) is 0 Å². The highest BCUT2D eigenvalue weighted by molar-refractivity contribution is 5.93. The molecular formula is C14H18N4O. The molecule has 2 N–H and O–H groups in total. The first kappa shape index (κ1) is 12.2. The maximum atomic E-state index is 12.5. The second kappa shape index (κ2) is 4.66. The average molecular weight is 258 g/mol. The van der Waals surface area contributed by atoms with Gasteiger partial charge in [0.1, 0.15) is 11.3 Å². The number of hydrogen-bond acceptors (Lipinski definition) is 3. The average Bonchev–Trinajstić information content (AvgIpc) is 3.01. The van der Waals surface area contributed by atoms with Crippen molar-refractivity contribution in [2.24, 2.45) is 11.7 Å². The number of pyridine rings is 1. The molecule has 3 rings (SSSR count). The molecule has 19 heavy (non-hydrogen) atoms. The molecule has 0 aliphatic carbocycles. The second-order valence-electron chi connectivity index (χ2n) is 5.24. The Morgan fingerprint density at radius 3 is 3.05 bits per heavy atom. The number of nitrogens with two attached hydrogens (primary N) is 1. The highest BCUT2D eigenvalue weighted by Crippen LogP contribution is 2.24. The van der Waals surface area contributed by atoms with E-state index in [0.717, 1.165) is 18.6 Å². The van der Waals surface area contributed by atoms with Crippen molar-refractivity contribution >= 4 is 11.6 Å². The van der Waals surface area contributed by atoms with Gasteiger partial charge in [0, 0.05) is 25.0 Å². The molecule has 2 aromatic heterocycles. The summed E-state index contributed by atoms with van der Waals surface area (Å²) in [6.45, 7) is 3.45. The lowest BCUT2D eigenvalue weighted by Crippen LogP contribution is -2.34. The molecule has 5 heteroatoms. The van der Waals surface area contributed by atoms with Gasteiger partial charge < -0.3 is 15.0 Å². The van der Waals surface area contributed by atoms with Gasteiger partial charge in [-0.25, -0.2) is 4.98 Å². The molecule has 5 nitrogen and oxygen atoms in total. The summed E-state index contributed by atoms with van der Waals surface area (Å²) < 4.78 is 1.87. The number of likely N-dealkylation sites (tertiary alicyclic amines) is 1. The summed E-state index contributed by atoms with van der Waals surface area (Å²) in [4.78, 5) is 18.8. The number of hydrogen-bond donors (Lipinski definition) is 1. The lowest BCUT2D eigenvalue weighted by atomic mass is 10.1. The summed E-state index contributed by atoms with van der Waals surface area (Å²) in [5.41, 5.74) is 7.01. The number of amides is 1. The van der Waals surface area contributed by atoms with E-state index >= 15 is 0 Å². The van der Waals surface area contributed by atoms with E-state index in [0.29, 0.717) is 18.2 Å². The van der Waals surface area contributed by atoms with Gasteiger partial charge in [-0.05, 0) is 37.9 Å². The van der Waals surface area contributed by atoms with Gasteiger partial charge in [-0.3, -0.25) is 4.79 Å².